The summed E-state index contributed by atoms with van der Waals surface area (Å²) in [6.07, 6.45) is 4.51. The Hall–Kier alpha value is -0.380. The fraction of sp³-hybridized carbons (Fsp3) is 0.818. The molecule has 14 heavy (non-hydrogen) atoms. The lowest BCUT2D eigenvalue weighted by molar-refractivity contribution is -0.190. The van der Waals surface area contributed by atoms with Crippen LogP contribution in [-0.2, 0) is 9.47 Å². The highest BCUT2D eigenvalue weighted by Crippen LogP contribution is 2.30. The third kappa shape index (κ3) is 2.80. The van der Waals surface area contributed by atoms with Crippen LogP contribution >= 0.6 is 0 Å². The van der Waals surface area contributed by atoms with E-state index in [1.807, 2.05) is 0 Å². The summed E-state index contributed by atoms with van der Waals surface area (Å²) in [6.45, 7) is 6.96. The fourth-order valence-electron chi connectivity index (χ4n) is 1.60. The first-order valence-corrected chi connectivity index (χ1v) is 5.29. The van der Waals surface area contributed by atoms with Crippen molar-refractivity contribution in [2.75, 3.05) is 13.2 Å². The van der Waals surface area contributed by atoms with Gasteiger partial charge in [-0.05, 0) is 12.8 Å². The van der Waals surface area contributed by atoms with Crippen LogP contribution in [0.25, 0.3) is 0 Å². The van der Waals surface area contributed by atoms with E-state index >= 15 is 0 Å². The van der Waals surface area contributed by atoms with E-state index in [9.17, 15) is 5.11 Å². The standard InChI is InChI=1S/C11H20O3/c1-3-5-8-13-10-11(12,6-4-2)7-9-14-10/h4,10,12H,2-3,5-9H2,1H3. The Morgan fingerprint density at radius 1 is 1.71 bits per heavy atom. The van der Waals surface area contributed by atoms with Gasteiger partial charge in [-0.2, -0.15) is 0 Å². The first-order chi connectivity index (χ1) is 6.73. The average Bonchev–Trinajstić information content (AvgIpc) is 2.49. The third-order valence-electron chi connectivity index (χ3n) is 2.51. The molecule has 3 heteroatoms. The second-order valence-electron chi connectivity index (χ2n) is 3.77. The first-order valence-electron chi connectivity index (χ1n) is 5.29. The Bertz CT molecular complexity index is 181. The SMILES string of the molecule is C=CCC1(O)CCOC1OCCCC. The Kier molecular flexibility index (Phi) is 4.58. The molecule has 1 saturated heterocycles. The van der Waals surface area contributed by atoms with Crippen LogP contribution in [0.15, 0.2) is 12.7 Å². The van der Waals surface area contributed by atoms with E-state index in [2.05, 4.69) is 13.5 Å². The maximum absolute atomic E-state index is 10.1. The maximum Gasteiger partial charge on any atom is 0.186 e. The fourth-order valence-corrected chi connectivity index (χ4v) is 1.60. The van der Waals surface area contributed by atoms with Crippen LogP contribution in [-0.4, -0.2) is 30.2 Å². The van der Waals surface area contributed by atoms with E-state index in [4.69, 9.17) is 9.47 Å². The highest BCUT2D eigenvalue weighted by molar-refractivity contribution is 4.92. The first kappa shape index (κ1) is 11.7. The predicted molar refractivity (Wildman–Crippen MR) is 55.0 cm³/mol. The molecule has 0 aliphatic carbocycles. The van der Waals surface area contributed by atoms with E-state index in [0.29, 0.717) is 26.1 Å². The molecular weight excluding hydrogens is 180 g/mol. The molecule has 0 bridgehead atoms. The summed E-state index contributed by atoms with van der Waals surface area (Å²) in [5.41, 5.74) is -0.852. The molecule has 1 rings (SSSR count). The third-order valence-corrected chi connectivity index (χ3v) is 2.51. The van der Waals surface area contributed by atoms with E-state index in [-0.39, 0.29) is 0 Å². The summed E-state index contributed by atoms with van der Waals surface area (Å²) in [5, 5.41) is 10.1. The van der Waals surface area contributed by atoms with Crippen molar-refractivity contribution < 1.29 is 14.6 Å². The lowest BCUT2D eigenvalue weighted by atomic mass is 9.97. The minimum Gasteiger partial charge on any atom is -0.384 e. The number of unbranched alkanes of at least 4 members (excludes halogenated alkanes) is 1. The van der Waals surface area contributed by atoms with Crippen molar-refractivity contribution in [2.24, 2.45) is 0 Å². The van der Waals surface area contributed by atoms with Gasteiger partial charge in [-0.1, -0.05) is 19.4 Å². The van der Waals surface area contributed by atoms with Gasteiger partial charge in [0.15, 0.2) is 6.29 Å². The van der Waals surface area contributed by atoms with Crippen molar-refractivity contribution in [1.82, 2.24) is 0 Å². The summed E-state index contributed by atoms with van der Waals surface area (Å²) in [6, 6.07) is 0. The van der Waals surface area contributed by atoms with Crippen LogP contribution in [0.4, 0.5) is 0 Å². The molecule has 1 fully saturated rings. The van der Waals surface area contributed by atoms with Gasteiger partial charge in [0.1, 0.15) is 5.60 Å². The normalized spacial score (nSPS) is 32.0. The second kappa shape index (κ2) is 5.49. The molecule has 0 aromatic rings. The van der Waals surface area contributed by atoms with Crippen LogP contribution < -0.4 is 0 Å². The van der Waals surface area contributed by atoms with Gasteiger partial charge in [-0.3, -0.25) is 0 Å². The number of hydrogen-bond donors (Lipinski definition) is 1. The van der Waals surface area contributed by atoms with Crippen molar-refractivity contribution in [1.29, 1.82) is 0 Å². The molecule has 2 unspecified atom stereocenters. The van der Waals surface area contributed by atoms with Crippen molar-refractivity contribution in [3.8, 4) is 0 Å². The minimum absolute atomic E-state index is 0.466. The molecule has 1 aliphatic heterocycles. The molecule has 0 spiro atoms. The molecule has 0 aromatic heterocycles. The van der Waals surface area contributed by atoms with E-state index in [1.165, 1.54) is 0 Å². The molecular formula is C11H20O3. The average molecular weight is 200 g/mol. The zero-order valence-electron chi connectivity index (χ0n) is 8.87. The smallest absolute Gasteiger partial charge is 0.186 e. The van der Waals surface area contributed by atoms with E-state index in [1.54, 1.807) is 6.08 Å². The number of rotatable bonds is 6. The summed E-state index contributed by atoms with van der Waals surface area (Å²) < 4.78 is 10.8. The van der Waals surface area contributed by atoms with Crippen molar-refractivity contribution in [3.63, 3.8) is 0 Å². The lowest BCUT2D eigenvalue weighted by Gasteiger charge is -2.27. The number of hydrogen-bond acceptors (Lipinski definition) is 3. The summed E-state index contributed by atoms with van der Waals surface area (Å²) in [4.78, 5) is 0. The van der Waals surface area contributed by atoms with Gasteiger partial charge in [0.05, 0.1) is 6.61 Å². The lowest BCUT2D eigenvalue weighted by Crippen LogP contribution is -2.39. The monoisotopic (exact) mass is 200 g/mol. The summed E-state index contributed by atoms with van der Waals surface area (Å²) in [5.74, 6) is 0. The second-order valence-corrected chi connectivity index (χ2v) is 3.77. The molecule has 1 heterocycles. The highest BCUT2D eigenvalue weighted by atomic mass is 16.7. The largest absolute Gasteiger partial charge is 0.384 e. The Morgan fingerprint density at radius 2 is 2.50 bits per heavy atom. The Labute approximate surface area is 85.7 Å². The predicted octanol–water partition coefficient (Wildman–Crippen LogP) is 1.86. The molecule has 0 radical (unpaired) electrons. The van der Waals surface area contributed by atoms with E-state index in [0.717, 1.165) is 12.8 Å². The van der Waals surface area contributed by atoms with Gasteiger partial charge in [-0.25, -0.2) is 0 Å². The van der Waals surface area contributed by atoms with E-state index < -0.39 is 11.9 Å². The van der Waals surface area contributed by atoms with Crippen LogP contribution in [0.3, 0.4) is 0 Å². The zero-order valence-corrected chi connectivity index (χ0v) is 8.87. The van der Waals surface area contributed by atoms with Crippen molar-refractivity contribution in [3.05, 3.63) is 12.7 Å². The molecule has 1 N–H and O–H groups in total. The van der Waals surface area contributed by atoms with Crippen molar-refractivity contribution in [2.45, 2.75) is 44.5 Å². The topological polar surface area (TPSA) is 38.7 Å². The Balaban J connectivity index is 2.37. The maximum atomic E-state index is 10.1. The van der Waals surface area contributed by atoms with Crippen LogP contribution in [0, 0.1) is 0 Å². The van der Waals surface area contributed by atoms with Crippen LogP contribution in [0.1, 0.15) is 32.6 Å². The van der Waals surface area contributed by atoms with Crippen LogP contribution in [0.5, 0.6) is 0 Å². The molecule has 0 amide bonds. The van der Waals surface area contributed by atoms with Crippen LogP contribution in [0.2, 0.25) is 0 Å². The molecule has 1 aliphatic rings. The highest BCUT2D eigenvalue weighted by Gasteiger charge is 2.42. The summed E-state index contributed by atoms with van der Waals surface area (Å²) >= 11 is 0. The van der Waals surface area contributed by atoms with Crippen molar-refractivity contribution >= 4 is 0 Å². The molecule has 3 nitrogen and oxygen atoms in total. The quantitative estimate of drug-likeness (QED) is 0.525. The molecule has 2 atom stereocenters. The van der Waals surface area contributed by atoms with Gasteiger partial charge in [0, 0.05) is 13.0 Å². The van der Waals surface area contributed by atoms with Gasteiger partial charge in [-0.15, -0.1) is 6.58 Å². The minimum atomic E-state index is -0.852. The van der Waals surface area contributed by atoms with Gasteiger partial charge >= 0.3 is 0 Å². The van der Waals surface area contributed by atoms with Gasteiger partial charge in [0.2, 0.25) is 0 Å². The molecule has 0 saturated carbocycles. The summed E-state index contributed by atoms with van der Waals surface area (Å²) in [7, 11) is 0. The number of aliphatic hydroxyl groups is 1. The molecule has 0 aromatic carbocycles. The van der Waals surface area contributed by atoms with Gasteiger partial charge in [0.25, 0.3) is 0 Å². The Morgan fingerprint density at radius 3 is 3.14 bits per heavy atom. The zero-order chi connectivity index (χ0) is 10.4. The number of ether oxygens (including phenoxy) is 2. The molecule has 82 valence electrons. The van der Waals surface area contributed by atoms with Gasteiger partial charge < -0.3 is 14.6 Å².